The Morgan fingerprint density at radius 3 is 1.67 bits per heavy atom. The van der Waals surface area contributed by atoms with E-state index in [1.807, 2.05) is 0 Å². The van der Waals surface area contributed by atoms with Gasteiger partial charge in [0.2, 0.25) is 0 Å². The fourth-order valence-electron chi connectivity index (χ4n) is 0. The standard InChI is InChI=1S/CH3NO2.BrH.K/c2-1(3)4;;/h2H2,(H,3,4);1H;/q;;+1/p-1. The summed E-state index contributed by atoms with van der Waals surface area (Å²) in [5.74, 6) is 0. The van der Waals surface area contributed by atoms with Crippen LogP contribution in [0.25, 0.3) is 0 Å². The van der Waals surface area contributed by atoms with Gasteiger partial charge in [0.15, 0.2) is 0 Å². The molecule has 0 aromatic heterocycles. The van der Waals surface area contributed by atoms with E-state index in [-0.39, 0.29) is 68.4 Å². The second-order valence-electron chi connectivity index (χ2n) is 0.338. The average Bonchev–Trinajstić information content (AvgIpc) is 0.811. The van der Waals surface area contributed by atoms with Crippen molar-refractivity contribution in [2.75, 3.05) is 0 Å². The monoisotopic (exact) mass is 179 g/mol. The predicted octanol–water partition coefficient (Wildman–Crippen LogP) is -6.37. The van der Waals surface area contributed by atoms with Crippen LogP contribution in [0.15, 0.2) is 0 Å². The van der Waals surface area contributed by atoms with E-state index in [4.69, 9.17) is 9.90 Å². The van der Waals surface area contributed by atoms with Crippen LogP contribution >= 0.6 is 0 Å². The first kappa shape index (κ1) is 15.7. The summed E-state index contributed by atoms with van der Waals surface area (Å²) in [5, 5.41) is 7.19. The summed E-state index contributed by atoms with van der Waals surface area (Å²) < 4.78 is 0. The van der Waals surface area contributed by atoms with Crippen LogP contribution in [0.2, 0.25) is 0 Å². The first-order valence-electron chi connectivity index (χ1n) is 0.716. The van der Waals surface area contributed by atoms with Gasteiger partial charge in [0.1, 0.15) is 0 Å². The Bertz CT molecular complexity index is 36.5. The molecule has 0 aliphatic heterocycles. The number of hydrogen-bond donors (Lipinski definition) is 2. The topological polar surface area (TPSA) is 63.3 Å². The van der Waals surface area contributed by atoms with Gasteiger partial charge in [-0.05, 0) is 0 Å². The molecule has 3 nitrogen and oxygen atoms in total. The van der Waals surface area contributed by atoms with Gasteiger partial charge in [0.05, 0.1) is 0 Å². The van der Waals surface area contributed by atoms with Crippen molar-refractivity contribution in [1.29, 1.82) is 0 Å². The third kappa shape index (κ3) is 53.9. The summed E-state index contributed by atoms with van der Waals surface area (Å²) in [4.78, 5) is 8.78. The van der Waals surface area contributed by atoms with E-state index in [0.717, 1.165) is 0 Å². The second-order valence-corrected chi connectivity index (χ2v) is 0.338. The van der Waals surface area contributed by atoms with Crippen molar-refractivity contribution in [3.05, 3.63) is 0 Å². The summed E-state index contributed by atoms with van der Waals surface area (Å²) >= 11 is 0. The minimum Gasteiger partial charge on any atom is -1.00 e. The molecule has 0 rings (SSSR count). The van der Waals surface area contributed by atoms with E-state index in [9.17, 15) is 0 Å². The van der Waals surface area contributed by atoms with E-state index < -0.39 is 6.09 Å². The van der Waals surface area contributed by atoms with Crippen LogP contribution in [0, 0.1) is 0 Å². The first-order valence-corrected chi connectivity index (χ1v) is 0.716. The SMILES string of the molecule is NC(=O)O.[Br-].[K+]. The average molecular weight is 180 g/mol. The number of nitrogens with two attached hydrogens (primary N) is 1. The van der Waals surface area contributed by atoms with Crippen molar-refractivity contribution < 1.29 is 78.3 Å². The summed E-state index contributed by atoms with van der Waals surface area (Å²) in [6, 6.07) is 0. The van der Waals surface area contributed by atoms with Gasteiger partial charge in [-0.1, -0.05) is 0 Å². The zero-order valence-electron chi connectivity index (χ0n) is 3.31. The predicted molar refractivity (Wildman–Crippen MR) is 12.2 cm³/mol. The smallest absolute Gasteiger partial charge is 1.00 e. The van der Waals surface area contributed by atoms with E-state index >= 15 is 0 Å². The quantitative estimate of drug-likeness (QED) is 0.364. The Morgan fingerprint density at radius 2 is 1.67 bits per heavy atom. The molecule has 0 fully saturated rings. The molecule has 3 N–H and O–H groups in total. The molecule has 5 heteroatoms. The Balaban J connectivity index is -0.0000000450. The minimum atomic E-state index is -1.33. The van der Waals surface area contributed by atoms with Gasteiger partial charge in [-0.2, -0.15) is 0 Å². The maximum atomic E-state index is 8.78. The number of hydrogen-bond acceptors (Lipinski definition) is 1. The third-order valence-electron chi connectivity index (χ3n) is 0. The first-order chi connectivity index (χ1) is 1.73. The van der Waals surface area contributed by atoms with Gasteiger partial charge in [-0.3, -0.25) is 0 Å². The van der Waals surface area contributed by atoms with E-state index in [1.54, 1.807) is 0 Å². The fraction of sp³-hybridized carbons (Fsp3) is 0. The van der Waals surface area contributed by atoms with Crippen molar-refractivity contribution in [1.82, 2.24) is 0 Å². The van der Waals surface area contributed by atoms with Gasteiger partial charge in [0.25, 0.3) is 0 Å². The van der Waals surface area contributed by atoms with Crippen LogP contribution in [0.1, 0.15) is 0 Å². The largest absolute Gasteiger partial charge is 1.00 e. The van der Waals surface area contributed by atoms with Gasteiger partial charge in [-0.15, -0.1) is 0 Å². The number of carboxylic acid groups (broad SMARTS) is 1. The van der Waals surface area contributed by atoms with Gasteiger partial charge in [0, 0.05) is 0 Å². The molecule has 6 heavy (non-hydrogen) atoms. The molecule has 32 valence electrons. The fourth-order valence-corrected chi connectivity index (χ4v) is 0. The minimum absolute atomic E-state index is 0. The molecule has 1 amide bonds. The third-order valence-corrected chi connectivity index (χ3v) is 0. The summed E-state index contributed by atoms with van der Waals surface area (Å²) in [6.07, 6.45) is -1.33. The number of amides is 1. The number of halogens is 1. The maximum Gasteiger partial charge on any atom is 1.00 e. The molecule has 0 bridgehead atoms. The van der Waals surface area contributed by atoms with Crippen LogP contribution < -0.4 is 74.1 Å². The second kappa shape index (κ2) is 9.63. The molecule has 0 aromatic carbocycles. The Morgan fingerprint density at radius 1 is 1.67 bits per heavy atom. The van der Waals surface area contributed by atoms with Crippen molar-refractivity contribution in [3.63, 3.8) is 0 Å². The summed E-state index contributed by atoms with van der Waals surface area (Å²) in [5.41, 5.74) is 4.03. The molecule has 0 heterocycles. The van der Waals surface area contributed by atoms with Crippen LogP contribution in [-0.2, 0) is 0 Å². The van der Waals surface area contributed by atoms with E-state index in [1.165, 1.54) is 0 Å². The molecule has 0 unspecified atom stereocenters. The van der Waals surface area contributed by atoms with Crippen LogP contribution in [0.5, 0.6) is 0 Å². The van der Waals surface area contributed by atoms with Crippen molar-refractivity contribution in [2.45, 2.75) is 0 Å². The molecule has 0 atom stereocenters. The molecule has 0 aromatic rings. The van der Waals surface area contributed by atoms with Crippen LogP contribution in [0.4, 0.5) is 4.79 Å². The molecule has 0 radical (unpaired) electrons. The maximum absolute atomic E-state index is 8.78. The van der Waals surface area contributed by atoms with Crippen molar-refractivity contribution in [3.8, 4) is 0 Å². The van der Waals surface area contributed by atoms with E-state index in [0.29, 0.717) is 0 Å². The van der Waals surface area contributed by atoms with E-state index in [2.05, 4.69) is 5.73 Å². The van der Waals surface area contributed by atoms with Crippen molar-refractivity contribution >= 4 is 6.09 Å². The number of rotatable bonds is 0. The summed E-state index contributed by atoms with van der Waals surface area (Å²) in [6.45, 7) is 0. The molecular formula is CH3BrKNO2. The Hall–Kier alpha value is 1.39. The van der Waals surface area contributed by atoms with Gasteiger partial charge >= 0.3 is 57.5 Å². The number of primary amides is 1. The molecule has 0 saturated heterocycles. The Labute approximate surface area is 88.5 Å². The molecule has 0 spiro atoms. The normalized spacial score (nSPS) is 4.00. The zero-order chi connectivity index (χ0) is 3.58. The van der Waals surface area contributed by atoms with Crippen LogP contribution in [0.3, 0.4) is 0 Å². The van der Waals surface area contributed by atoms with Gasteiger partial charge in [-0.25, -0.2) is 4.79 Å². The Kier molecular flexibility index (Phi) is 25.1. The molecule has 0 aliphatic rings. The molecule has 0 aliphatic carbocycles. The molecular weight excluding hydrogens is 177 g/mol. The summed E-state index contributed by atoms with van der Waals surface area (Å²) in [7, 11) is 0. The van der Waals surface area contributed by atoms with Crippen molar-refractivity contribution in [2.24, 2.45) is 5.73 Å². The zero-order valence-corrected chi connectivity index (χ0v) is 8.02. The van der Waals surface area contributed by atoms with Gasteiger partial charge < -0.3 is 27.8 Å². The molecule has 0 saturated carbocycles. The van der Waals surface area contributed by atoms with Crippen LogP contribution in [-0.4, -0.2) is 11.2 Å². The number of carbonyl (C=O) groups is 1.